The Morgan fingerprint density at radius 1 is 1.54 bits per heavy atom. The van der Waals surface area contributed by atoms with E-state index < -0.39 is 0 Å². The summed E-state index contributed by atoms with van der Waals surface area (Å²) in [6, 6.07) is 6.73. The fraction of sp³-hybridized carbons (Fsp3) is 0.455. The lowest BCUT2D eigenvalue weighted by atomic mass is 10.0. The number of hydrogen-bond donors (Lipinski definition) is 1. The Morgan fingerprint density at radius 3 is 3.00 bits per heavy atom. The van der Waals surface area contributed by atoms with Gasteiger partial charge in [0, 0.05) is 12.6 Å². The first-order valence-electron chi connectivity index (χ1n) is 4.65. The summed E-state index contributed by atoms with van der Waals surface area (Å²) in [6.45, 7) is 3.37. The van der Waals surface area contributed by atoms with Crippen LogP contribution >= 0.6 is 0 Å². The molecule has 0 saturated heterocycles. The minimum Gasteiger partial charge on any atom is -0.392 e. The van der Waals surface area contributed by atoms with E-state index >= 15 is 0 Å². The van der Waals surface area contributed by atoms with Gasteiger partial charge in [0.2, 0.25) is 0 Å². The summed E-state index contributed by atoms with van der Waals surface area (Å²) in [4.78, 5) is 2.31. The molecule has 0 fully saturated rings. The molecule has 0 saturated carbocycles. The van der Waals surface area contributed by atoms with Gasteiger partial charge in [-0.1, -0.05) is 18.2 Å². The number of rotatable bonds is 1. The van der Waals surface area contributed by atoms with Crippen LogP contribution in [0.3, 0.4) is 0 Å². The van der Waals surface area contributed by atoms with Gasteiger partial charge in [-0.15, -0.1) is 0 Å². The average Bonchev–Trinajstić information content (AvgIpc) is 2.43. The van der Waals surface area contributed by atoms with Gasteiger partial charge in [-0.2, -0.15) is 0 Å². The summed E-state index contributed by atoms with van der Waals surface area (Å²) in [5, 5.41) is 9.01. The van der Waals surface area contributed by atoms with Crippen LogP contribution in [0.25, 0.3) is 0 Å². The Kier molecular flexibility index (Phi) is 2.10. The van der Waals surface area contributed by atoms with Gasteiger partial charge in [-0.3, -0.25) is 4.90 Å². The predicted molar refractivity (Wildman–Crippen MR) is 52.2 cm³/mol. The van der Waals surface area contributed by atoms with Crippen molar-refractivity contribution in [1.82, 2.24) is 4.90 Å². The van der Waals surface area contributed by atoms with Gasteiger partial charge in [0.05, 0.1) is 6.61 Å². The van der Waals surface area contributed by atoms with Crippen molar-refractivity contribution in [2.45, 2.75) is 26.1 Å². The molecule has 2 nitrogen and oxygen atoms in total. The molecular weight excluding hydrogens is 162 g/mol. The quantitative estimate of drug-likeness (QED) is 0.705. The molecule has 1 aromatic rings. The largest absolute Gasteiger partial charge is 0.392 e. The standard InChI is InChI=1S/C11H15NO/c1-8-11-5-9(7-13)3-4-10(11)6-12(8)2/h3-5,8,13H,6-7H2,1-2H3. The monoisotopic (exact) mass is 177 g/mol. The van der Waals surface area contributed by atoms with Crippen molar-refractivity contribution < 1.29 is 5.11 Å². The molecule has 0 spiro atoms. The van der Waals surface area contributed by atoms with Crippen LogP contribution in [0.1, 0.15) is 29.7 Å². The maximum absolute atomic E-state index is 9.01. The summed E-state index contributed by atoms with van der Waals surface area (Å²) in [6.07, 6.45) is 0. The Labute approximate surface area is 78.8 Å². The number of aliphatic hydroxyl groups excluding tert-OH is 1. The second-order valence-corrected chi connectivity index (χ2v) is 3.78. The summed E-state index contributed by atoms with van der Waals surface area (Å²) in [5.41, 5.74) is 3.78. The fourth-order valence-electron chi connectivity index (χ4n) is 1.92. The SMILES string of the molecule is CC1c2cc(CO)ccc2CN1C. The van der Waals surface area contributed by atoms with Crippen molar-refractivity contribution in [3.63, 3.8) is 0 Å². The second-order valence-electron chi connectivity index (χ2n) is 3.78. The molecule has 1 N–H and O–H groups in total. The van der Waals surface area contributed by atoms with Crippen molar-refractivity contribution >= 4 is 0 Å². The smallest absolute Gasteiger partial charge is 0.0681 e. The lowest BCUT2D eigenvalue weighted by Gasteiger charge is -2.14. The molecule has 0 aromatic heterocycles. The number of benzene rings is 1. The van der Waals surface area contributed by atoms with E-state index in [0.29, 0.717) is 6.04 Å². The molecule has 70 valence electrons. The molecule has 0 amide bonds. The van der Waals surface area contributed by atoms with Crippen LogP contribution in [0.2, 0.25) is 0 Å². The maximum Gasteiger partial charge on any atom is 0.0681 e. The Bertz CT molecular complexity index is 322. The third-order valence-electron chi connectivity index (χ3n) is 2.92. The fourth-order valence-corrected chi connectivity index (χ4v) is 1.92. The highest BCUT2D eigenvalue weighted by Gasteiger charge is 2.23. The summed E-state index contributed by atoms with van der Waals surface area (Å²) in [5.74, 6) is 0. The van der Waals surface area contributed by atoms with Crippen LogP contribution in [0.5, 0.6) is 0 Å². The molecule has 0 radical (unpaired) electrons. The summed E-state index contributed by atoms with van der Waals surface area (Å²) in [7, 11) is 2.13. The van der Waals surface area contributed by atoms with Crippen LogP contribution in [-0.4, -0.2) is 17.1 Å². The third kappa shape index (κ3) is 1.36. The molecule has 2 heteroatoms. The highest BCUT2D eigenvalue weighted by molar-refractivity contribution is 5.36. The van der Waals surface area contributed by atoms with Crippen LogP contribution in [-0.2, 0) is 13.2 Å². The van der Waals surface area contributed by atoms with E-state index in [1.54, 1.807) is 0 Å². The highest BCUT2D eigenvalue weighted by atomic mass is 16.3. The molecule has 1 aliphatic heterocycles. The van der Waals surface area contributed by atoms with Crippen molar-refractivity contribution in [2.75, 3.05) is 7.05 Å². The second kappa shape index (κ2) is 3.13. The van der Waals surface area contributed by atoms with Gasteiger partial charge in [-0.05, 0) is 30.7 Å². The highest BCUT2D eigenvalue weighted by Crippen LogP contribution is 2.32. The first-order chi connectivity index (χ1) is 6.22. The number of hydrogen-bond acceptors (Lipinski definition) is 2. The molecule has 1 atom stereocenters. The number of aliphatic hydroxyl groups is 1. The number of fused-ring (bicyclic) bond motifs is 1. The third-order valence-corrected chi connectivity index (χ3v) is 2.92. The normalized spacial score (nSPS) is 21.9. The van der Waals surface area contributed by atoms with Gasteiger partial charge in [0.1, 0.15) is 0 Å². The zero-order chi connectivity index (χ0) is 9.42. The molecule has 1 aliphatic rings. The lowest BCUT2D eigenvalue weighted by molar-refractivity contribution is 0.279. The van der Waals surface area contributed by atoms with Crippen LogP contribution < -0.4 is 0 Å². The van der Waals surface area contributed by atoms with Crippen molar-refractivity contribution in [3.05, 3.63) is 34.9 Å². The minimum absolute atomic E-state index is 0.143. The van der Waals surface area contributed by atoms with Gasteiger partial charge < -0.3 is 5.11 Å². The van der Waals surface area contributed by atoms with Crippen LogP contribution in [0, 0.1) is 0 Å². The average molecular weight is 177 g/mol. The zero-order valence-electron chi connectivity index (χ0n) is 8.12. The molecule has 1 aromatic carbocycles. The first-order valence-corrected chi connectivity index (χ1v) is 4.65. The Hall–Kier alpha value is -0.860. The molecule has 2 rings (SSSR count). The topological polar surface area (TPSA) is 23.5 Å². The Balaban J connectivity index is 2.42. The van der Waals surface area contributed by atoms with Gasteiger partial charge in [-0.25, -0.2) is 0 Å². The van der Waals surface area contributed by atoms with Gasteiger partial charge >= 0.3 is 0 Å². The zero-order valence-corrected chi connectivity index (χ0v) is 8.12. The van der Waals surface area contributed by atoms with E-state index in [1.807, 2.05) is 6.07 Å². The summed E-state index contributed by atoms with van der Waals surface area (Å²) < 4.78 is 0. The van der Waals surface area contributed by atoms with Gasteiger partial charge in [0.25, 0.3) is 0 Å². The van der Waals surface area contributed by atoms with E-state index in [-0.39, 0.29) is 6.61 Å². The molecule has 1 unspecified atom stereocenters. The molecular formula is C11H15NO. The van der Waals surface area contributed by atoms with Crippen LogP contribution in [0.4, 0.5) is 0 Å². The van der Waals surface area contributed by atoms with E-state index in [1.165, 1.54) is 11.1 Å². The molecule has 0 bridgehead atoms. The lowest BCUT2D eigenvalue weighted by Crippen LogP contribution is -2.12. The van der Waals surface area contributed by atoms with Crippen LogP contribution in [0.15, 0.2) is 18.2 Å². The maximum atomic E-state index is 9.01. The van der Waals surface area contributed by atoms with Crippen molar-refractivity contribution in [3.8, 4) is 0 Å². The van der Waals surface area contributed by atoms with Crippen molar-refractivity contribution in [2.24, 2.45) is 0 Å². The molecule has 0 aliphatic carbocycles. The van der Waals surface area contributed by atoms with Gasteiger partial charge in [0.15, 0.2) is 0 Å². The predicted octanol–water partition coefficient (Wildman–Crippen LogP) is 1.69. The molecule has 13 heavy (non-hydrogen) atoms. The van der Waals surface area contributed by atoms with E-state index in [9.17, 15) is 0 Å². The summed E-state index contributed by atoms with van der Waals surface area (Å²) >= 11 is 0. The Morgan fingerprint density at radius 2 is 2.31 bits per heavy atom. The minimum atomic E-state index is 0.143. The first kappa shape index (κ1) is 8.73. The van der Waals surface area contributed by atoms with E-state index in [4.69, 9.17) is 5.11 Å². The number of nitrogens with zero attached hydrogens (tertiary/aromatic N) is 1. The molecule has 1 heterocycles. The van der Waals surface area contributed by atoms with Crippen molar-refractivity contribution in [1.29, 1.82) is 0 Å². The van der Waals surface area contributed by atoms with E-state index in [0.717, 1.165) is 12.1 Å². The van der Waals surface area contributed by atoms with E-state index in [2.05, 4.69) is 31.0 Å².